The maximum Gasteiger partial charge on any atom is 0.123 e. The summed E-state index contributed by atoms with van der Waals surface area (Å²) in [5.41, 5.74) is 5.19. The number of pyridine rings is 1. The fourth-order valence-corrected chi connectivity index (χ4v) is 4.72. The number of ether oxygens (including phenoxy) is 1. The average Bonchev–Trinajstić information content (AvgIpc) is 2.75. The van der Waals surface area contributed by atoms with Crippen LogP contribution in [0.15, 0.2) is 73.1 Å². The molecule has 3 aliphatic heterocycles. The van der Waals surface area contributed by atoms with E-state index in [1.807, 2.05) is 24.5 Å². The Kier molecular flexibility index (Phi) is 4.59. The van der Waals surface area contributed by atoms with Gasteiger partial charge < -0.3 is 10.1 Å². The molecule has 0 amide bonds. The number of piperazine rings is 1. The largest absolute Gasteiger partial charge is 0.496 e. The molecule has 3 saturated heterocycles. The number of hydrogen-bond donors (Lipinski definition) is 1. The SMILES string of the molecule is COc1ccccc1CN1C[C@@H]2N[C@H](C1)C2c1ccc(-c2ccncc2)cc1. The summed E-state index contributed by atoms with van der Waals surface area (Å²) < 4.78 is 5.52. The smallest absolute Gasteiger partial charge is 0.123 e. The highest BCUT2D eigenvalue weighted by Gasteiger charge is 2.46. The van der Waals surface area contributed by atoms with Gasteiger partial charge in [-0.25, -0.2) is 0 Å². The van der Waals surface area contributed by atoms with Crippen LogP contribution in [0.25, 0.3) is 11.1 Å². The molecule has 6 rings (SSSR count). The maximum atomic E-state index is 5.52. The fraction of sp³-hybridized carbons (Fsp3) is 0.292. The Morgan fingerprint density at radius 1 is 0.929 bits per heavy atom. The number of hydrogen-bond acceptors (Lipinski definition) is 4. The van der Waals surface area contributed by atoms with E-state index in [0.29, 0.717) is 18.0 Å². The zero-order chi connectivity index (χ0) is 18.9. The van der Waals surface area contributed by atoms with Crippen LogP contribution in [-0.2, 0) is 6.54 Å². The van der Waals surface area contributed by atoms with E-state index in [4.69, 9.17) is 4.74 Å². The fourth-order valence-electron chi connectivity index (χ4n) is 4.72. The molecular formula is C24H25N3O. The van der Waals surface area contributed by atoms with E-state index in [0.717, 1.165) is 25.4 Å². The number of benzene rings is 2. The highest BCUT2D eigenvalue weighted by Crippen LogP contribution is 2.38. The van der Waals surface area contributed by atoms with Gasteiger partial charge in [-0.05, 0) is 34.9 Å². The molecule has 28 heavy (non-hydrogen) atoms. The lowest BCUT2D eigenvalue weighted by molar-refractivity contribution is 0.0466. The molecule has 4 heterocycles. The highest BCUT2D eigenvalue weighted by molar-refractivity contribution is 5.63. The summed E-state index contributed by atoms with van der Waals surface area (Å²) in [6.07, 6.45) is 3.69. The van der Waals surface area contributed by atoms with Crippen LogP contribution >= 0.6 is 0 Å². The molecule has 0 aliphatic carbocycles. The quantitative estimate of drug-likeness (QED) is 0.742. The minimum atomic E-state index is 0.528. The van der Waals surface area contributed by atoms with E-state index in [1.54, 1.807) is 7.11 Å². The molecule has 0 radical (unpaired) electrons. The van der Waals surface area contributed by atoms with Crippen LogP contribution in [0, 0.1) is 0 Å². The van der Waals surface area contributed by atoms with Gasteiger partial charge in [0.2, 0.25) is 0 Å². The molecule has 0 saturated carbocycles. The third-order valence-corrected chi connectivity index (χ3v) is 6.10. The molecule has 4 nitrogen and oxygen atoms in total. The Morgan fingerprint density at radius 3 is 2.32 bits per heavy atom. The zero-order valence-corrected chi connectivity index (χ0v) is 16.1. The second kappa shape index (κ2) is 7.38. The second-order valence-corrected chi connectivity index (χ2v) is 7.77. The van der Waals surface area contributed by atoms with Crippen molar-refractivity contribution < 1.29 is 4.74 Å². The normalized spacial score (nSPS) is 23.8. The standard InChI is InChI=1S/C24H25N3O/c1-28-23-5-3-2-4-20(23)14-27-15-21-24(22(16-27)26-21)19-8-6-17(7-9-19)18-10-12-25-13-11-18/h2-13,21-22,24,26H,14-16H2,1H3/t21-,22+,24?. The summed E-state index contributed by atoms with van der Waals surface area (Å²) in [5, 5.41) is 3.74. The van der Waals surface area contributed by atoms with Crippen molar-refractivity contribution in [3.05, 3.63) is 84.2 Å². The lowest BCUT2D eigenvalue weighted by atomic mass is 9.74. The predicted octanol–water partition coefficient (Wildman–Crippen LogP) is 3.70. The third-order valence-electron chi connectivity index (χ3n) is 6.10. The van der Waals surface area contributed by atoms with Crippen molar-refractivity contribution in [2.75, 3.05) is 20.2 Å². The Hall–Kier alpha value is -2.69. The van der Waals surface area contributed by atoms with E-state index in [9.17, 15) is 0 Å². The van der Waals surface area contributed by atoms with Gasteiger partial charge in [0.1, 0.15) is 5.75 Å². The maximum absolute atomic E-state index is 5.52. The summed E-state index contributed by atoms with van der Waals surface area (Å²) in [6, 6.07) is 22.6. The van der Waals surface area contributed by atoms with E-state index >= 15 is 0 Å². The lowest BCUT2D eigenvalue weighted by Gasteiger charge is -2.55. The number of methoxy groups -OCH3 is 1. The average molecular weight is 371 g/mol. The van der Waals surface area contributed by atoms with Gasteiger partial charge in [-0.15, -0.1) is 0 Å². The van der Waals surface area contributed by atoms with Crippen molar-refractivity contribution in [1.82, 2.24) is 15.2 Å². The Balaban J connectivity index is 1.26. The van der Waals surface area contributed by atoms with Crippen molar-refractivity contribution in [2.24, 2.45) is 0 Å². The molecular weight excluding hydrogens is 346 g/mol. The van der Waals surface area contributed by atoms with Crippen LogP contribution in [0.4, 0.5) is 0 Å². The van der Waals surface area contributed by atoms with Gasteiger partial charge in [0, 0.05) is 55.6 Å². The highest BCUT2D eigenvalue weighted by atomic mass is 16.5. The van der Waals surface area contributed by atoms with Gasteiger partial charge in [0.25, 0.3) is 0 Å². The van der Waals surface area contributed by atoms with Crippen LogP contribution in [0.5, 0.6) is 5.75 Å². The molecule has 3 atom stereocenters. The molecule has 1 unspecified atom stereocenters. The Morgan fingerprint density at radius 2 is 1.61 bits per heavy atom. The first-order valence-corrected chi connectivity index (χ1v) is 9.92. The van der Waals surface area contributed by atoms with Gasteiger partial charge in [-0.1, -0.05) is 42.5 Å². The summed E-state index contributed by atoms with van der Waals surface area (Å²) >= 11 is 0. The first-order valence-electron chi connectivity index (χ1n) is 9.92. The second-order valence-electron chi connectivity index (χ2n) is 7.77. The first-order chi connectivity index (χ1) is 13.8. The van der Waals surface area contributed by atoms with Crippen molar-refractivity contribution >= 4 is 0 Å². The minimum Gasteiger partial charge on any atom is -0.496 e. The van der Waals surface area contributed by atoms with E-state index in [2.05, 4.69) is 63.7 Å². The molecule has 4 heteroatoms. The number of rotatable bonds is 5. The Labute approximate surface area is 166 Å². The van der Waals surface area contributed by atoms with Gasteiger partial charge in [0.15, 0.2) is 0 Å². The topological polar surface area (TPSA) is 37.4 Å². The predicted molar refractivity (Wildman–Crippen MR) is 111 cm³/mol. The van der Waals surface area contributed by atoms with Crippen LogP contribution in [0.2, 0.25) is 0 Å². The number of nitrogens with one attached hydrogen (secondary N) is 1. The van der Waals surface area contributed by atoms with Crippen molar-refractivity contribution in [3.63, 3.8) is 0 Å². The van der Waals surface area contributed by atoms with Gasteiger partial charge in [0.05, 0.1) is 7.11 Å². The first kappa shape index (κ1) is 17.4. The zero-order valence-electron chi connectivity index (χ0n) is 16.1. The molecule has 1 N–H and O–H groups in total. The van der Waals surface area contributed by atoms with Crippen LogP contribution in [-0.4, -0.2) is 42.2 Å². The van der Waals surface area contributed by atoms with Crippen LogP contribution in [0.1, 0.15) is 17.0 Å². The van der Waals surface area contributed by atoms with Crippen molar-refractivity contribution in [2.45, 2.75) is 24.5 Å². The summed E-state index contributed by atoms with van der Waals surface area (Å²) in [5.74, 6) is 1.60. The summed E-state index contributed by atoms with van der Waals surface area (Å²) in [6.45, 7) is 3.10. The number of nitrogens with zero attached hydrogens (tertiary/aromatic N) is 2. The van der Waals surface area contributed by atoms with Crippen LogP contribution < -0.4 is 10.1 Å². The molecule has 1 aromatic heterocycles. The van der Waals surface area contributed by atoms with E-state index in [1.165, 1.54) is 22.3 Å². The number of fused-ring (bicyclic) bond motifs is 2. The molecule has 3 fully saturated rings. The Bertz CT molecular complexity index is 930. The third kappa shape index (κ3) is 3.19. The van der Waals surface area contributed by atoms with Gasteiger partial charge in [-0.2, -0.15) is 0 Å². The molecule has 0 spiro atoms. The van der Waals surface area contributed by atoms with Crippen molar-refractivity contribution in [3.8, 4) is 16.9 Å². The molecule has 2 bridgehead atoms. The van der Waals surface area contributed by atoms with E-state index < -0.39 is 0 Å². The summed E-state index contributed by atoms with van der Waals surface area (Å²) in [7, 11) is 1.75. The molecule has 142 valence electrons. The number of para-hydroxylation sites is 1. The van der Waals surface area contributed by atoms with E-state index in [-0.39, 0.29) is 0 Å². The van der Waals surface area contributed by atoms with Gasteiger partial charge >= 0.3 is 0 Å². The lowest BCUT2D eigenvalue weighted by Crippen LogP contribution is -2.71. The van der Waals surface area contributed by atoms with Crippen molar-refractivity contribution in [1.29, 1.82) is 0 Å². The monoisotopic (exact) mass is 371 g/mol. The minimum absolute atomic E-state index is 0.528. The molecule has 3 aliphatic rings. The number of piperidine rings is 1. The van der Waals surface area contributed by atoms with Gasteiger partial charge in [-0.3, -0.25) is 9.88 Å². The molecule has 3 aromatic rings. The summed E-state index contributed by atoms with van der Waals surface area (Å²) in [4.78, 5) is 6.65. The molecule has 2 aromatic carbocycles. The number of aromatic nitrogens is 1. The van der Waals surface area contributed by atoms with Crippen LogP contribution in [0.3, 0.4) is 0 Å².